The lowest BCUT2D eigenvalue weighted by Gasteiger charge is -1.99. The molecule has 0 aliphatic carbocycles. The van der Waals surface area contributed by atoms with Crippen molar-refractivity contribution in [2.75, 3.05) is 0 Å². The number of hydrogen-bond donors (Lipinski definition) is 1. The van der Waals surface area contributed by atoms with Crippen LogP contribution in [-0.4, -0.2) is 20.3 Å². The quantitative estimate of drug-likeness (QED) is 0.771. The van der Waals surface area contributed by atoms with Crippen LogP contribution in [0.1, 0.15) is 11.3 Å². The Morgan fingerprint density at radius 3 is 3.00 bits per heavy atom. The Balaban J connectivity index is 2.07. The molecular formula is C13H8FN5O. The maximum Gasteiger partial charge on any atom is 0.262 e. The van der Waals surface area contributed by atoms with Crippen LogP contribution in [0.2, 0.25) is 0 Å². The van der Waals surface area contributed by atoms with Gasteiger partial charge in [0.05, 0.1) is 11.8 Å². The van der Waals surface area contributed by atoms with E-state index in [0.717, 1.165) is 5.56 Å². The summed E-state index contributed by atoms with van der Waals surface area (Å²) >= 11 is 0. The number of hydrogen-bond acceptors (Lipinski definition) is 5. The minimum absolute atomic E-state index is 0.161. The topological polar surface area (TPSA) is 91.4 Å². The number of aryl methyl sites for hydroxylation is 1. The SMILES string of the molecule is Cc1ccc(F)cc1-c1noc(-c2cn[nH]c2C#N)n1. The maximum atomic E-state index is 13.3. The largest absolute Gasteiger partial charge is 0.333 e. The van der Waals surface area contributed by atoms with Crippen LogP contribution >= 0.6 is 0 Å². The molecule has 3 rings (SSSR count). The standard InChI is InChI=1S/C13H8FN5O/c1-7-2-3-8(14)4-9(7)12-17-13(20-19-12)10-6-16-18-11(10)5-15/h2-4,6H,1H3,(H,16,18). The van der Waals surface area contributed by atoms with Gasteiger partial charge >= 0.3 is 0 Å². The van der Waals surface area contributed by atoms with Gasteiger partial charge in [0.2, 0.25) is 5.82 Å². The molecule has 2 aromatic heterocycles. The molecule has 0 atom stereocenters. The zero-order valence-electron chi connectivity index (χ0n) is 10.4. The molecule has 0 unspecified atom stereocenters. The summed E-state index contributed by atoms with van der Waals surface area (Å²) in [6, 6.07) is 6.28. The second kappa shape index (κ2) is 4.59. The van der Waals surface area contributed by atoms with Crippen LogP contribution in [0.5, 0.6) is 0 Å². The zero-order valence-corrected chi connectivity index (χ0v) is 10.4. The average Bonchev–Trinajstić information content (AvgIpc) is 3.08. The average molecular weight is 269 g/mol. The summed E-state index contributed by atoms with van der Waals surface area (Å²) in [7, 11) is 0. The third kappa shape index (κ3) is 1.93. The molecule has 6 nitrogen and oxygen atoms in total. The molecule has 2 heterocycles. The van der Waals surface area contributed by atoms with Crippen LogP contribution < -0.4 is 0 Å². The molecule has 1 N–H and O–H groups in total. The zero-order chi connectivity index (χ0) is 14.1. The van der Waals surface area contributed by atoms with E-state index in [1.807, 2.05) is 13.0 Å². The van der Waals surface area contributed by atoms with Crippen molar-refractivity contribution < 1.29 is 8.91 Å². The Hall–Kier alpha value is -3.01. The van der Waals surface area contributed by atoms with E-state index in [1.54, 1.807) is 6.07 Å². The van der Waals surface area contributed by atoms with Crippen molar-refractivity contribution in [1.29, 1.82) is 5.26 Å². The van der Waals surface area contributed by atoms with Crippen LogP contribution in [0, 0.1) is 24.1 Å². The third-order valence-electron chi connectivity index (χ3n) is 2.85. The molecule has 0 saturated heterocycles. The minimum atomic E-state index is -0.377. The highest BCUT2D eigenvalue weighted by Gasteiger charge is 2.17. The van der Waals surface area contributed by atoms with Gasteiger partial charge in [-0.1, -0.05) is 11.2 Å². The molecule has 1 aromatic carbocycles. The van der Waals surface area contributed by atoms with E-state index < -0.39 is 0 Å². The number of aromatic nitrogens is 4. The van der Waals surface area contributed by atoms with Gasteiger partial charge in [0.25, 0.3) is 5.89 Å². The second-order valence-electron chi connectivity index (χ2n) is 4.15. The van der Waals surface area contributed by atoms with Crippen molar-refractivity contribution in [3.63, 3.8) is 0 Å². The molecule has 0 spiro atoms. The summed E-state index contributed by atoms with van der Waals surface area (Å²) < 4.78 is 18.4. The lowest BCUT2D eigenvalue weighted by atomic mass is 10.1. The number of halogens is 1. The predicted molar refractivity (Wildman–Crippen MR) is 66.7 cm³/mol. The fourth-order valence-corrected chi connectivity index (χ4v) is 1.81. The lowest BCUT2D eigenvalue weighted by Crippen LogP contribution is -1.87. The Morgan fingerprint density at radius 2 is 2.20 bits per heavy atom. The summed E-state index contributed by atoms with van der Waals surface area (Å²) in [6.07, 6.45) is 1.42. The van der Waals surface area contributed by atoms with Crippen LogP contribution in [0.15, 0.2) is 28.9 Å². The van der Waals surface area contributed by atoms with Gasteiger partial charge < -0.3 is 4.52 Å². The number of nitrogens with zero attached hydrogens (tertiary/aromatic N) is 4. The third-order valence-corrected chi connectivity index (χ3v) is 2.85. The van der Waals surface area contributed by atoms with Gasteiger partial charge in [-0.2, -0.15) is 15.3 Å². The van der Waals surface area contributed by atoms with Crippen molar-refractivity contribution in [2.45, 2.75) is 6.92 Å². The molecule has 3 aromatic rings. The molecule has 0 aliphatic rings. The van der Waals surface area contributed by atoms with Crippen molar-refractivity contribution in [1.82, 2.24) is 20.3 Å². The first-order valence-electron chi connectivity index (χ1n) is 5.73. The van der Waals surface area contributed by atoms with Gasteiger partial charge in [0, 0.05) is 5.56 Å². The highest BCUT2D eigenvalue weighted by molar-refractivity contribution is 5.64. The first kappa shape index (κ1) is 12.0. The van der Waals surface area contributed by atoms with E-state index >= 15 is 0 Å². The van der Waals surface area contributed by atoms with Gasteiger partial charge in [-0.3, -0.25) is 5.10 Å². The molecule has 7 heteroatoms. The van der Waals surface area contributed by atoms with Crippen LogP contribution in [0.3, 0.4) is 0 Å². The summed E-state index contributed by atoms with van der Waals surface area (Å²) in [5.41, 5.74) is 2.02. The summed E-state index contributed by atoms with van der Waals surface area (Å²) in [5, 5.41) is 19.0. The normalized spacial score (nSPS) is 10.4. The van der Waals surface area contributed by atoms with E-state index in [2.05, 4.69) is 20.3 Å². The number of nitrogens with one attached hydrogen (secondary N) is 1. The maximum absolute atomic E-state index is 13.3. The van der Waals surface area contributed by atoms with Gasteiger partial charge in [0.15, 0.2) is 0 Å². The highest BCUT2D eigenvalue weighted by Crippen LogP contribution is 2.25. The van der Waals surface area contributed by atoms with Gasteiger partial charge in [0.1, 0.15) is 17.6 Å². The first-order valence-corrected chi connectivity index (χ1v) is 5.73. The Bertz CT molecular complexity index is 814. The molecule has 0 fully saturated rings. The molecule has 0 saturated carbocycles. The lowest BCUT2D eigenvalue weighted by molar-refractivity contribution is 0.432. The predicted octanol–water partition coefficient (Wildman–Crippen LogP) is 2.45. The molecular weight excluding hydrogens is 261 g/mol. The second-order valence-corrected chi connectivity index (χ2v) is 4.15. The molecule has 20 heavy (non-hydrogen) atoms. The Labute approximate surface area is 112 Å². The van der Waals surface area contributed by atoms with Gasteiger partial charge in [-0.15, -0.1) is 0 Å². The van der Waals surface area contributed by atoms with Crippen LogP contribution in [0.4, 0.5) is 4.39 Å². The van der Waals surface area contributed by atoms with Crippen molar-refractivity contribution in [2.24, 2.45) is 0 Å². The first-order chi connectivity index (χ1) is 9.69. The molecule has 0 bridgehead atoms. The van der Waals surface area contributed by atoms with Gasteiger partial charge in [-0.05, 0) is 24.6 Å². The number of nitriles is 1. The summed E-state index contributed by atoms with van der Waals surface area (Å²) in [4.78, 5) is 4.18. The smallest absolute Gasteiger partial charge is 0.262 e. The van der Waals surface area contributed by atoms with Crippen molar-refractivity contribution in [3.05, 3.63) is 41.5 Å². The summed E-state index contributed by atoms with van der Waals surface area (Å²) in [6.45, 7) is 1.82. The van der Waals surface area contributed by atoms with E-state index in [9.17, 15) is 4.39 Å². The summed E-state index contributed by atoms with van der Waals surface area (Å²) in [5.74, 6) is 0.0500. The van der Waals surface area contributed by atoms with Crippen molar-refractivity contribution in [3.8, 4) is 28.9 Å². The van der Waals surface area contributed by atoms with E-state index in [4.69, 9.17) is 9.78 Å². The molecule has 0 amide bonds. The molecule has 0 aliphatic heterocycles. The van der Waals surface area contributed by atoms with Crippen molar-refractivity contribution >= 4 is 0 Å². The number of aromatic amines is 1. The van der Waals surface area contributed by atoms with Crippen LogP contribution in [0.25, 0.3) is 22.8 Å². The van der Waals surface area contributed by atoms with E-state index in [0.29, 0.717) is 11.1 Å². The Kier molecular flexibility index (Phi) is 2.76. The number of H-pyrrole nitrogens is 1. The number of benzene rings is 1. The minimum Gasteiger partial charge on any atom is -0.333 e. The fourth-order valence-electron chi connectivity index (χ4n) is 1.81. The number of rotatable bonds is 2. The molecule has 0 radical (unpaired) electrons. The van der Waals surface area contributed by atoms with E-state index in [1.165, 1.54) is 18.3 Å². The van der Waals surface area contributed by atoms with E-state index in [-0.39, 0.29) is 23.2 Å². The van der Waals surface area contributed by atoms with Crippen LogP contribution in [-0.2, 0) is 0 Å². The Morgan fingerprint density at radius 1 is 1.35 bits per heavy atom. The molecule has 98 valence electrons. The van der Waals surface area contributed by atoms with Gasteiger partial charge in [-0.25, -0.2) is 4.39 Å². The highest BCUT2D eigenvalue weighted by atomic mass is 19.1. The fraction of sp³-hybridized carbons (Fsp3) is 0.0769. The monoisotopic (exact) mass is 269 g/mol.